The van der Waals surface area contributed by atoms with Crippen LogP contribution in [-0.2, 0) is 0 Å². The number of aliphatic hydroxyl groups is 1. The summed E-state index contributed by atoms with van der Waals surface area (Å²) in [5, 5.41) is 18.9. The Morgan fingerprint density at radius 2 is 1.48 bits per heavy atom. The Bertz CT molecular complexity index is 981. The number of azo groups is 1. The number of allylic oxidation sites excluding steroid dienone is 1. The summed E-state index contributed by atoms with van der Waals surface area (Å²) in [7, 11) is 1.56. The summed E-state index contributed by atoms with van der Waals surface area (Å²) in [6.45, 7) is 0. The summed E-state index contributed by atoms with van der Waals surface area (Å²) in [5.74, 6) is -0.0154. The fraction of sp³-hybridized carbons (Fsp3) is 0.0455. The minimum atomic E-state index is -0.413. The number of rotatable bonds is 6. The van der Waals surface area contributed by atoms with E-state index in [2.05, 4.69) is 10.2 Å². The van der Waals surface area contributed by atoms with Gasteiger partial charge in [-0.15, -0.1) is 5.11 Å². The molecule has 0 atom stereocenters. The van der Waals surface area contributed by atoms with E-state index in [0.717, 1.165) is 0 Å². The smallest absolute Gasteiger partial charge is 0.217 e. The van der Waals surface area contributed by atoms with Gasteiger partial charge in [0, 0.05) is 17.2 Å². The summed E-state index contributed by atoms with van der Waals surface area (Å²) in [5.41, 5.74) is 1.28. The topological polar surface area (TPSA) is 71.2 Å². The van der Waals surface area contributed by atoms with Crippen LogP contribution < -0.4 is 4.74 Å². The standard InChI is InChI=1S/C22H18N2O3/c1-27-19-14-8-13-18(15-19)23-24-20(21(25)16-9-4-2-5-10-16)22(26)17-11-6-3-7-12-17/h2-15,25H,1H3/b21-20-,24-23?. The first-order valence-electron chi connectivity index (χ1n) is 8.33. The van der Waals surface area contributed by atoms with E-state index < -0.39 is 5.78 Å². The molecule has 0 aromatic heterocycles. The molecule has 0 amide bonds. The molecule has 5 nitrogen and oxygen atoms in total. The Kier molecular flexibility index (Phi) is 5.74. The second kappa shape index (κ2) is 8.58. The highest BCUT2D eigenvalue weighted by Gasteiger charge is 2.18. The van der Waals surface area contributed by atoms with Crippen LogP contribution in [0.4, 0.5) is 5.69 Å². The van der Waals surface area contributed by atoms with Gasteiger partial charge in [-0.2, -0.15) is 5.11 Å². The van der Waals surface area contributed by atoms with Crippen LogP contribution in [0.25, 0.3) is 5.76 Å². The fourth-order valence-electron chi connectivity index (χ4n) is 2.44. The third-order valence-corrected chi connectivity index (χ3v) is 3.84. The highest BCUT2D eigenvalue weighted by molar-refractivity contribution is 6.12. The van der Waals surface area contributed by atoms with Crippen molar-refractivity contribution in [2.24, 2.45) is 10.2 Å². The Balaban J connectivity index is 2.04. The molecule has 0 saturated heterocycles. The number of Topliss-reactive ketones (excluding diaryl/α,β-unsaturated/α-hetero) is 1. The van der Waals surface area contributed by atoms with Gasteiger partial charge in [-0.1, -0.05) is 66.7 Å². The van der Waals surface area contributed by atoms with Crippen LogP contribution in [-0.4, -0.2) is 18.0 Å². The average Bonchev–Trinajstić information content (AvgIpc) is 2.75. The van der Waals surface area contributed by atoms with Crippen LogP contribution in [0.3, 0.4) is 0 Å². The molecule has 0 heterocycles. The first-order chi connectivity index (χ1) is 13.2. The van der Waals surface area contributed by atoms with E-state index >= 15 is 0 Å². The normalized spacial score (nSPS) is 11.9. The Morgan fingerprint density at radius 3 is 2.11 bits per heavy atom. The molecular formula is C22H18N2O3. The largest absolute Gasteiger partial charge is 0.505 e. The maximum Gasteiger partial charge on any atom is 0.217 e. The molecular weight excluding hydrogens is 340 g/mol. The van der Waals surface area contributed by atoms with Crippen LogP contribution in [0.2, 0.25) is 0 Å². The first-order valence-corrected chi connectivity index (χ1v) is 8.33. The predicted octanol–water partition coefficient (Wildman–Crippen LogP) is 5.59. The summed E-state index contributed by atoms with van der Waals surface area (Å²) >= 11 is 0. The Hall–Kier alpha value is -3.73. The lowest BCUT2D eigenvalue weighted by atomic mass is 10.1. The van der Waals surface area contributed by atoms with Crippen LogP contribution in [0.5, 0.6) is 5.75 Å². The SMILES string of the molecule is COc1cccc(N=N/C(C(=O)c2ccccc2)=C(\O)c2ccccc2)c1. The van der Waals surface area contributed by atoms with Crippen LogP contribution in [0.1, 0.15) is 15.9 Å². The fourth-order valence-corrected chi connectivity index (χ4v) is 2.44. The molecule has 27 heavy (non-hydrogen) atoms. The average molecular weight is 358 g/mol. The van der Waals surface area contributed by atoms with E-state index in [-0.39, 0.29) is 11.5 Å². The van der Waals surface area contributed by atoms with E-state index in [9.17, 15) is 9.90 Å². The molecule has 0 aliphatic carbocycles. The number of ether oxygens (including phenoxy) is 1. The summed E-state index contributed by atoms with van der Waals surface area (Å²) in [6, 6.07) is 24.4. The molecule has 0 spiro atoms. The molecule has 0 bridgehead atoms. The van der Waals surface area contributed by atoms with Gasteiger partial charge in [-0.25, -0.2) is 0 Å². The van der Waals surface area contributed by atoms with Gasteiger partial charge in [0.15, 0.2) is 11.5 Å². The number of benzene rings is 3. The van der Waals surface area contributed by atoms with Crippen LogP contribution in [0.15, 0.2) is 101 Å². The van der Waals surface area contributed by atoms with Crippen molar-refractivity contribution < 1.29 is 14.6 Å². The minimum Gasteiger partial charge on any atom is -0.505 e. The molecule has 3 rings (SSSR count). The van der Waals surface area contributed by atoms with Crippen LogP contribution >= 0.6 is 0 Å². The van der Waals surface area contributed by atoms with Crippen molar-refractivity contribution in [3.05, 3.63) is 102 Å². The summed E-state index contributed by atoms with van der Waals surface area (Å²) in [4.78, 5) is 12.9. The molecule has 0 unspecified atom stereocenters. The number of hydrogen-bond donors (Lipinski definition) is 1. The number of ketones is 1. The third kappa shape index (κ3) is 4.46. The van der Waals surface area contributed by atoms with Crippen molar-refractivity contribution >= 4 is 17.2 Å². The molecule has 0 saturated carbocycles. The summed E-state index contributed by atoms with van der Waals surface area (Å²) < 4.78 is 5.17. The highest BCUT2D eigenvalue weighted by atomic mass is 16.5. The molecule has 1 N–H and O–H groups in total. The van der Waals surface area contributed by atoms with Gasteiger partial charge in [-0.3, -0.25) is 4.79 Å². The van der Waals surface area contributed by atoms with Crippen molar-refractivity contribution in [3.8, 4) is 5.75 Å². The van der Waals surface area contributed by atoms with Gasteiger partial charge in [0.25, 0.3) is 0 Å². The number of carbonyl (C=O) groups excluding carboxylic acids is 1. The van der Waals surface area contributed by atoms with Gasteiger partial charge in [-0.05, 0) is 12.1 Å². The number of aliphatic hydroxyl groups excluding tert-OH is 1. The maximum atomic E-state index is 12.9. The van der Waals surface area contributed by atoms with E-state index in [0.29, 0.717) is 22.6 Å². The zero-order valence-electron chi connectivity index (χ0n) is 14.7. The molecule has 3 aromatic rings. The van der Waals surface area contributed by atoms with Gasteiger partial charge in [0.1, 0.15) is 5.75 Å². The molecule has 0 aliphatic heterocycles. The highest BCUT2D eigenvalue weighted by Crippen LogP contribution is 2.24. The number of nitrogens with zero attached hydrogens (tertiary/aromatic N) is 2. The lowest BCUT2D eigenvalue weighted by molar-refractivity contribution is 0.103. The second-order valence-corrected chi connectivity index (χ2v) is 5.66. The lowest BCUT2D eigenvalue weighted by Crippen LogP contribution is -2.04. The van der Waals surface area contributed by atoms with Crippen LogP contribution in [0, 0.1) is 0 Å². The first kappa shape index (κ1) is 18.1. The molecule has 0 radical (unpaired) electrons. The van der Waals surface area contributed by atoms with Crippen molar-refractivity contribution in [2.75, 3.05) is 7.11 Å². The van der Waals surface area contributed by atoms with Crippen molar-refractivity contribution in [1.29, 1.82) is 0 Å². The monoisotopic (exact) mass is 358 g/mol. The van der Waals surface area contributed by atoms with E-state index in [1.807, 2.05) is 12.1 Å². The van der Waals surface area contributed by atoms with Crippen molar-refractivity contribution in [1.82, 2.24) is 0 Å². The molecule has 3 aromatic carbocycles. The van der Waals surface area contributed by atoms with E-state index in [1.54, 1.807) is 79.9 Å². The zero-order valence-corrected chi connectivity index (χ0v) is 14.7. The van der Waals surface area contributed by atoms with Gasteiger partial charge in [0.2, 0.25) is 5.78 Å². The van der Waals surface area contributed by atoms with Gasteiger partial charge in [0.05, 0.1) is 12.8 Å². The van der Waals surface area contributed by atoms with Crippen molar-refractivity contribution in [2.45, 2.75) is 0 Å². The van der Waals surface area contributed by atoms with E-state index in [1.165, 1.54) is 0 Å². The van der Waals surface area contributed by atoms with Crippen molar-refractivity contribution in [3.63, 3.8) is 0 Å². The quantitative estimate of drug-likeness (QED) is 0.270. The second-order valence-electron chi connectivity index (χ2n) is 5.66. The molecule has 0 fully saturated rings. The minimum absolute atomic E-state index is 0.129. The number of methoxy groups -OCH3 is 1. The van der Waals surface area contributed by atoms with Gasteiger partial charge >= 0.3 is 0 Å². The molecule has 0 aliphatic rings. The third-order valence-electron chi connectivity index (χ3n) is 3.84. The molecule has 134 valence electrons. The molecule has 5 heteroatoms. The van der Waals surface area contributed by atoms with Gasteiger partial charge < -0.3 is 9.84 Å². The lowest BCUT2D eigenvalue weighted by Gasteiger charge is -2.06. The number of carbonyl (C=O) groups is 1. The number of hydrogen-bond acceptors (Lipinski definition) is 5. The Labute approximate surface area is 157 Å². The Morgan fingerprint density at radius 1 is 0.852 bits per heavy atom. The van der Waals surface area contributed by atoms with E-state index in [4.69, 9.17) is 4.74 Å². The predicted molar refractivity (Wildman–Crippen MR) is 104 cm³/mol. The summed E-state index contributed by atoms with van der Waals surface area (Å²) in [6.07, 6.45) is 0. The zero-order chi connectivity index (χ0) is 19.1. The maximum absolute atomic E-state index is 12.9.